The van der Waals surface area contributed by atoms with Crippen LogP contribution in [0.2, 0.25) is 0 Å². The van der Waals surface area contributed by atoms with E-state index in [1.54, 1.807) is 0 Å². The Morgan fingerprint density at radius 1 is 1.23 bits per heavy atom. The van der Waals surface area contributed by atoms with E-state index < -0.39 is 0 Å². The fraction of sp³-hybridized carbons (Fsp3) is 0.353. The standard InChI is InChI=1S/C17H17BrN2OS/c18-13-7-10-22-16(13)11-20-8-5-12(6-9-20)17-19-14-3-1-2-4-15(14)21-17/h1-4,7,10,12H,5-6,8-9,11H2. The number of thiophene rings is 1. The van der Waals surface area contributed by atoms with Gasteiger partial charge in [0.15, 0.2) is 11.5 Å². The number of oxazole rings is 1. The van der Waals surface area contributed by atoms with Gasteiger partial charge in [-0.2, -0.15) is 0 Å². The molecule has 2 aromatic heterocycles. The van der Waals surface area contributed by atoms with Crippen LogP contribution in [0.1, 0.15) is 29.5 Å². The smallest absolute Gasteiger partial charge is 0.198 e. The molecule has 22 heavy (non-hydrogen) atoms. The third kappa shape index (κ3) is 2.85. The number of rotatable bonds is 3. The molecule has 0 amide bonds. The molecule has 1 aliphatic rings. The monoisotopic (exact) mass is 376 g/mol. The molecule has 4 rings (SSSR count). The maximum atomic E-state index is 5.93. The minimum Gasteiger partial charge on any atom is -0.440 e. The first-order chi connectivity index (χ1) is 10.8. The molecule has 5 heteroatoms. The fourth-order valence-electron chi connectivity index (χ4n) is 3.04. The van der Waals surface area contributed by atoms with Gasteiger partial charge in [0, 0.05) is 21.8 Å². The topological polar surface area (TPSA) is 29.3 Å². The Balaban J connectivity index is 1.42. The summed E-state index contributed by atoms with van der Waals surface area (Å²) >= 11 is 5.44. The third-order valence-corrected chi connectivity index (χ3v) is 6.22. The highest BCUT2D eigenvalue weighted by molar-refractivity contribution is 9.10. The van der Waals surface area contributed by atoms with Gasteiger partial charge in [-0.3, -0.25) is 4.90 Å². The Morgan fingerprint density at radius 3 is 2.77 bits per heavy atom. The largest absolute Gasteiger partial charge is 0.440 e. The Morgan fingerprint density at radius 2 is 2.05 bits per heavy atom. The van der Waals surface area contributed by atoms with Gasteiger partial charge in [-0.25, -0.2) is 4.98 Å². The minimum absolute atomic E-state index is 0.454. The summed E-state index contributed by atoms with van der Waals surface area (Å²) in [5.74, 6) is 1.37. The van der Waals surface area contributed by atoms with E-state index in [2.05, 4.69) is 37.3 Å². The lowest BCUT2D eigenvalue weighted by Gasteiger charge is -2.30. The van der Waals surface area contributed by atoms with Crippen LogP contribution in [0.15, 0.2) is 44.6 Å². The molecular formula is C17H17BrN2OS. The molecular weight excluding hydrogens is 360 g/mol. The van der Waals surface area contributed by atoms with Gasteiger partial charge in [0.05, 0.1) is 0 Å². The second kappa shape index (κ2) is 6.14. The zero-order valence-electron chi connectivity index (χ0n) is 12.2. The average Bonchev–Trinajstić information content (AvgIpc) is 3.15. The van der Waals surface area contributed by atoms with E-state index >= 15 is 0 Å². The third-order valence-electron chi connectivity index (χ3n) is 4.31. The van der Waals surface area contributed by atoms with Crippen LogP contribution in [0, 0.1) is 0 Å². The Hall–Kier alpha value is -1.17. The lowest BCUT2D eigenvalue weighted by Crippen LogP contribution is -2.32. The first kappa shape index (κ1) is 14.4. The number of piperidine rings is 1. The zero-order chi connectivity index (χ0) is 14.9. The Labute approximate surface area is 142 Å². The zero-order valence-corrected chi connectivity index (χ0v) is 14.6. The van der Waals surface area contributed by atoms with Crippen molar-refractivity contribution in [3.63, 3.8) is 0 Å². The van der Waals surface area contributed by atoms with Gasteiger partial charge in [0.2, 0.25) is 0 Å². The molecule has 1 aliphatic heterocycles. The molecule has 3 nitrogen and oxygen atoms in total. The van der Waals surface area contributed by atoms with E-state index in [0.717, 1.165) is 49.5 Å². The van der Waals surface area contributed by atoms with Gasteiger partial charge in [-0.05, 0) is 65.4 Å². The first-order valence-corrected chi connectivity index (χ1v) is 9.26. The van der Waals surface area contributed by atoms with Crippen molar-refractivity contribution in [1.82, 2.24) is 9.88 Å². The number of fused-ring (bicyclic) bond motifs is 1. The highest BCUT2D eigenvalue weighted by Gasteiger charge is 2.25. The van der Waals surface area contributed by atoms with Gasteiger partial charge >= 0.3 is 0 Å². The summed E-state index contributed by atoms with van der Waals surface area (Å²) in [7, 11) is 0. The molecule has 3 aromatic rings. The molecule has 3 heterocycles. The Bertz CT molecular complexity index is 741. The molecule has 0 spiro atoms. The Kier molecular flexibility index (Phi) is 4.03. The van der Waals surface area contributed by atoms with E-state index in [4.69, 9.17) is 4.42 Å². The molecule has 1 fully saturated rings. The second-order valence-electron chi connectivity index (χ2n) is 5.76. The molecule has 0 N–H and O–H groups in total. The lowest BCUT2D eigenvalue weighted by molar-refractivity contribution is 0.195. The van der Waals surface area contributed by atoms with Crippen LogP contribution in [-0.4, -0.2) is 23.0 Å². The van der Waals surface area contributed by atoms with Gasteiger partial charge in [0.25, 0.3) is 0 Å². The van der Waals surface area contributed by atoms with Crippen molar-refractivity contribution in [2.24, 2.45) is 0 Å². The van der Waals surface area contributed by atoms with Crippen molar-refractivity contribution in [2.75, 3.05) is 13.1 Å². The SMILES string of the molecule is Brc1ccsc1CN1CCC(c2nc3ccccc3o2)CC1. The maximum absolute atomic E-state index is 5.93. The number of nitrogens with zero attached hydrogens (tertiary/aromatic N) is 2. The number of hydrogen-bond donors (Lipinski definition) is 0. The van der Waals surface area contributed by atoms with Crippen molar-refractivity contribution in [3.8, 4) is 0 Å². The van der Waals surface area contributed by atoms with Crippen LogP contribution in [0.3, 0.4) is 0 Å². The molecule has 0 bridgehead atoms. The number of likely N-dealkylation sites (tertiary alicyclic amines) is 1. The maximum Gasteiger partial charge on any atom is 0.198 e. The van der Waals surface area contributed by atoms with Crippen molar-refractivity contribution in [2.45, 2.75) is 25.3 Å². The van der Waals surface area contributed by atoms with Crippen molar-refractivity contribution in [1.29, 1.82) is 0 Å². The first-order valence-electron chi connectivity index (χ1n) is 7.59. The normalized spacial score (nSPS) is 17.3. The summed E-state index contributed by atoms with van der Waals surface area (Å²) < 4.78 is 7.17. The average molecular weight is 377 g/mol. The molecule has 0 aliphatic carbocycles. The predicted octanol–water partition coefficient (Wildman–Crippen LogP) is 5.03. The molecule has 114 valence electrons. The van der Waals surface area contributed by atoms with E-state index in [0.29, 0.717) is 5.92 Å². The summed E-state index contributed by atoms with van der Waals surface area (Å²) in [5.41, 5.74) is 1.88. The fourth-order valence-corrected chi connectivity index (χ4v) is 4.56. The van der Waals surface area contributed by atoms with E-state index in [1.165, 1.54) is 9.35 Å². The molecule has 1 aromatic carbocycles. The number of halogens is 1. The quantitative estimate of drug-likeness (QED) is 0.641. The molecule has 0 radical (unpaired) electrons. The summed E-state index contributed by atoms with van der Waals surface area (Å²) in [6.07, 6.45) is 2.24. The van der Waals surface area contributed by atoms with Crippen molar-refractivity contribution >= 4 is 38.4 Å². The molecule has 0 atom stereocenters. The lowest BCUT2D eigenvalue weighted by atomic mass is 9.97. The van der Waals surface area contributed by atoms with E-state index in [-0.39, 0.29) is 0 Å². The van der Waals surface area contributed by atoms with Crippen LogP contribution in [0.25, 0.3) is 11.1 Å². The summed E-state index contributed by atoms with van der Waals surface area (Å²) in [5, 5.41) is 2.14. The summed E-state index contributed by atoms with van der Waals surface area (Å²) in [4.78, 5) is 8.60. The van der Waals surface area contributed by atoms with Gasteiger partial charge in [-0.1, -0.05) is 12.1 Å². The summed E-state index contributed by atoms with van der Waals surface area (Å²) in [6.45, 7) is 3.25. The minimum atomic E-state index is 0.454. The van der Waals surface area contributed by atoms with Crippen LogP contribution >= 0.6 is 27.3 Å². The second-order valence-corrected chi connectivity index (χ2v) is 7.62. The number of aromatic nitrogens is 1. The summed E-state index contributed by atoms with van der Waals surface area (Å²) in [6, 6.07) is 10.2. The van der Waals surface area contributed by atoms with Crippen LogP contribution < -0.4 is 0 Å². The predicted molar refractivity (Wildman–Crippen MR) is 93.3 cm³/mol. The number of benzene rings is 1. The van der Waals surface area contributed by atoms with Crippen LogP contribution in [-0.2, 0) is 6.54 Å². The van der Waals surface area contributed by atoms with Crippen LogP contribution in [0.5, 0.6) is 0 Å². The van der Waals surface area contributed by atoms with E-state index in [9.17, 15) is 0 Å². The van der Waals surface area contributed by atoms with Gasteiger partial charge in [-0.15, -0.1) is 11.3 Å². The van der Waals surface area contributed by atoms with Gasteiger partial charge in [0.1, 0.15) is 5.52 Å². The molecule has 0 unspecified atom stereocenters. The highest BCUT2D eigenvalue weighted by atomic mass is 79.9. The number of hydrogen-bond acceptors (Lipinski definition) is 4. The van der Waals surface area contributed by atoms with Crippen LogP contribution in [0.4, 0.5) is 0 Å². The van der Waals surface area contributed by atoms with Gasteiger partial charge < -0.3 is 4.42 Å². The molecule has 1 saturated heterocycles. The van der Waals surface area contributed by atoms with Crippen molar-refractivity contribution in [3.05, 3.63) is 51.0 Å². The van der Waals surface area contributed by atoms with E-state index in [1.807, 2.05) is 35.6 Å². The highest BCUT2D eigenvalue weighted by Crippen LogP contribution is 2.31. The molecule has 0 saturated carbocycles. The number of para-hydroxylation sites is 2. The van der Waals surface area contributed by atoms with Crippen molar-refractivity contribution < 1.29 is 4.42 Å².